The van der Waals surface area contributed by atoms with Gasteiger partial charge in [0.05, 0.1) is 5.69 Å². The lowest BCUT2D eigenvalue weighted by Crippen LogP contribution is -2.23. The maximum atomic E-state index is 9.61. The van der Waals surface area contributed by atoms with Crippen molar-refractivity contribution in [2.75, 3.05) is 6.54 Å². The highest BCUT2D eigenvalue weighted by Gasteiger charge is 2.24. The molecule has 1 aromatic heterocycles. The lowest BCUT2D eigenvalue weighted by Gasteiger charge is -2.21. The minimum absolute atomic E-state index is 0.0967. The van der Waals surface area contributed by atoms with E-state index < -0.39 is 0 Å². The summed E-state index contributed by atoms with van der Waals surface area (Å²) >= 11 is 1.68. The van der Waals surface area contributed by atoms with Gasteiger partial charge < -0.3 is 15.5 Å². The minimum atomic E-state index is -0.0982. The third kappa shape index (κ3) is 2.39. The Labute approximate surface area is 122 Å². The average molecular weight is 290 g/mol. The molecule has 4 nitrogen and oxygen atoms in total. The van der Waals surface area contributed by atoms with Crippen molar-refractivity contribution < 1.29 is 10.2 Å². The van der Waals surface area contributed by atoms with Crippen molar-refractivity contribution >= 4 is 11.3 Å². The van der Waals surface area contributed by atoms with E-state index in [0.717, 1.165) is 36.4 Å². The van der Waals surface area contributed by atoms with E-state index in [1.807, 2.05) is 0 Å². The van der Waals surface area contributed by atoms with Crippen LogP contribution in [-0.4, -0.2) is 21.7 Å². The molecule has 20 heavy (non-hydrogen) atoms. The van der Waals surface area contributed by atoms with E-state index in [-0.39, 0.29) is 11.5 Å². The summed E-state index contributed by atoms with van der Waals surface area (Å²) in [5.41, 5.74) is 2.03. The lowest BCUT2D eigenvalue weighted by atomic mass is 9.98. The van der Waals surface area contributed by atoms with E-state index in [1.165, 1.54) is 16.6 Å². The van der Waals surface area contributed by atoms with E-state index in [4.69, 9.17) is 4.98 Å². The second-order valence-corrected chi connectivity index (χ2v) is 6.07. The first-order valence-corrected chi connectivity index (χ1v) is 7.76. The number of thiazole rings is 1. The number of hydrogen-bond donors (Lipinski definition) is 3. The summed E-state index contributed by atoms with van der Waals surface area (Å²) in [5.74, 6) is -0.195. The number of nitrogens with zero attached hydrogens (tertiary/aromatic N) is 1. The highest BCUT2D eigenvalue weighted by molar-refractivity contribution is 7.15. The third-order valence-corrected chi connectivity index (χ3v) is 4.88. The molecule has 106 valence electrons. The number of nitrogens with one attached hydrogen (secondary N) is 1. The summed E-state index contributed by atoms with van der Waals surface area (Å²) in [7, 11) is 0. The number of phenolic OH excluding ortho intramolecular Hbond substituents is 2. The molecular weight excluding hydrogens is 272 g/mol. The SMILES string of the molecule is CCNC1CCCc2nc(-c3ccc(O)c(O)c3)sc21. The molecule has 0 spiro atoms. The third-order valence-electron chi connectivity index (χ3n) is 3.62. The second kappa shape index (κ2) is 5.42. The number of phenols is 2. The van der Waals surface area contributed by atoms with Crippen molar-refractivity contribution in [2.45, 2.75) is 32.2 Å². The monoisotopic (exact) mass is 290 g/mol. The summed E-state index contributed by atoms with van der Waals surface area (Å²) in [6.45, 7) is 3.07. The first-order valence-electron chi connectivity index (χ1n) is 6.94. The number of hydrogen-bond acceptors (Lipinski definition) is 5. The standard InChI is InChI=1S/C15H18N2O2S/c1-2-16-10-4-3-5-11-14(10)20-15(17-11)9-6-7-12(18)13(19)8-9/h6-8,10,16,18-19H,2-5H2,1H3. The summed E-state index contributed by atoms with van der Waals surface area (Å²) in [5, 5.41) is 23.4. The molecular formula is C15H18N2O2S. The Kier molecular flexibility index (Phi) is 3.63. The van der Waals surface area contributed by atoms with E-state index in [2.05, 4.69) is 12.2 Å². The molecule has 1 heterocycles. The maximum Gasteiger partial charge on any atom is 0.158 e. The van der Waals surface area contributed by atoms with Crippen LogP contribution >= 0.6 is 11.3 Å². The predicted molar refractivity (Wildman–Crippen MR) is 80.2 cm³/mol. The molecule has 1 aliphatic rings. The molecule has 0 aliphatic heterocycles. The van der Waals surface area contributed by atoms with Crippen molar-refractivity contribution in [3.05, 3.63) is 28.8 Å². The van der Waals surface area contributed by atoms with Crippen LogP contribution in [0.3, 0.4) is 0 Å². The molecule has 1 atom stereocenters. The highest BCUT2D eigenvalue weighted by Crippen LogP contribution is 2.39. The number of fused-ring (bicyclic) bond motifs is 1. The van der Waals surface area contributed by atoms with Crippen LogP contribution in [0.1, 0.15) is 36.4 Å². The first-order chi connectivity index (χ1) is 9.69. The smallest absolute Gasteiger partial charge is 0.158 e. The van der Waals surface area contributed by atoms with Crippen molar-refractivity contribution in [2.24, 2.45) is 0 Å². The van der Waals surface area contributed by atoms with Gasteiger partial charge >= 0.3 is 0 Å². The number of benzene rings is 1. The van der Waals surface area contributed by atoms with E-state index in [0.29, 0.717) is 6.04 Å². The van der Waals surface area contributed by atoms with Gasteiger partial charge in [-0.1, -0.05) is 6.92 Å². The fourth-order valence-electron chi connectivity index (χ4n) is 2.64. The highest BCUT2D eigenvalue weighted by atomic mass is 32.1. The molecule has 2 aromatic rings. The van der Waals surface area contributed by atoms with E-state index in [9.17, 15) is 10.2 Å². The zero-order valence-corrected chi connectivity index (χ0v) is 12.2. The van der Waals surface area contributed by atoms with Crippen LogP contribution in [0.2, 0.25) is 0 Å². The number of aromatic hydroxyl groups is 2. The zero-order valence-electron chi connectivity index (χ0n) is 11.4. The van der Waals surface area contributed by atoms with Gasteiger partial charge in [0.15, 0.2) is 11.5 Å². The van der Waals surface area contributed by atoms with Crippen molar-refractivity contribution in [3.63, 3.8) is 0 Å². The Bertz CT molecular complexity index is 624. The Morgan fingerprint density at radius 1 is 1.35 bits per heavy atom. The summed E-state index contributed by atoms with van der Waals surface area (Å²) < 4.78 is 0. The van der Waals surface area contributed by atoms with Gasteiger partial charge in [-0.2, -0.15) is 0 Å². The molecule has 0 saturated carbocycles. The fraction of sp³-hybridized carbons (Fsp3) is 0.400. The van der Waals surface area contributed by atoms with Crippen LogP contribution in [0.25, 0.3) is 10.6 Å². The number of aryl methyl sites for hydroxylation is 1. The Balaban J connectivity index is 1.97. The molecule has 0 bridgehead atoms. The molecule has 1 aromatic carbocycles. The number of rotatable bonds is 3. The van der Waals surface area contributed by atoms with Crippen LogP contribution in [0, 0.1) is 0 Å². The average Bonchev–Trinajstić information content (AvgIpc) is 2.87. The molecule has 3 rings (SSSR count). The molecule has 0 saturated heterocycles. The minimum Gasteiger partial charge on any atom is -0.504 e. The largest absolute Gasteiger partial charge is 0.504 e. The molecule has 5 heteroatoms. The van der Waals surface area contributed by atoms with Gasteiger partial charge in [0.2, 0.25) is 0 Å². The Morgan fingerprint density at radius 2 is 2.20 bits per heavy atom. The van der Waals surface area contributed by atoms with Crippen LogP contribution in [0.15, 0.2) is 18.2 Å². The zero-order chi connectivity index (χ0) is 14.1. The fourth-order valence-corrected chi connectivity index (χ4v) is 3.86. The quantitative estimate of drug-likeness (QED) is 0.759. The van der Waals surface area contributed by atoms with Gasteiger partial charge in [-0.3, -0.25) is 0 Å². The summed E-state index contributed by atoms with van der Waals surface area (Å²) in [4.78, 5) is 6.03. The van der Waals surface area contributed by atoms with Crippen molar-refractivity contribution in [1.29, 1.82) is 0 Å². The van der Waals surface area contributed by atoms with Gasteiger partial charge in [-0.15, -0.1) is 11.3 Å². The van der Waals surface area contributed by atoms with Gasteiger partial charge in [0, 0.05) is 16.5 Å². The van der Waals surface area contributed by atoms with Crippen LogP contribution in [0.5, 0.6) is 11.5 Å². The van der Waals surface area contributed by atoms with Gasteiger partial charge in [0.25, 0.3) is 0 Å². The Hall–Kier alpha value is -1.59. The normalized spacial score (nSPS) is 17.9. The van der Waals surface area contributed by atoms with Gasteiger partial charge in [0.1, 0.15) is 5.01 Å². The molecule has 1 aliphatic carbocycles. The van der Waals surface area contributed by atoms with Crippen LogP contribution < -0.4 is 5.32 Å². The van der Waals surface area contributed by atoms with Crippen molar-refractivity contribution in [1.82, 2.24) is 10.3 Å². The van der Waals surface area contributed by atoms with Gasteiger partial charge in [-0.05, 0) is 44.0 Å². The number of aromatic nitrogens is 1. The maximum absolute atomic E-state index is 9.61. The summed E-state index contributed by atoms with van der Waals surface area (Å²) in [6, 6.07) is 5.27. The lowest BCUT2D eigenvalue weighted by molar-refractivity contribution is 0.404. The predicted octanol–water partition coefficient (Wildman–Crippen LogP) is 3.21. The molecule has 0 radical (unpaired) electrons. The Morgan fingerprint density at radius 3 is 2.95 bits per heavy atom. The van der Waals surface area contributed by atoms with E-state index >= 15 is 0 Å². The molecule has 1 unspecified atom stereocenters. The first kappa shape index (κ1) is 13.4. The second-order valence-electron chi connectivity index (χ2n) is 5.04. The summed E-state index contributed by atoms with van der Waals surface area (Å²) in [6.07, 6.45) is 3.34. The molecule has 0 fully saturated rings. The van der Waals surface area contributed by atoms with Crippen LogP contribution in [-0.2, 0) is 6.42 Å². The van der Waals surface area contributed by atoms with Crippen LogP contribution in [0.4, 0.5) is 0 Å². The van der Waals surface area contributed by atoms with E-state index in [1.54, 1.807) is 23.5 Å². The van der Waals surface area contributed by atoms with Crippen molar-refractivity contribution in [3.8, 4) is 22.1 Å². The molecule has 3 N–H and O–H groups in total. The molecule has 0 amide bonds. The topological polar surface area (TPSA) is 65.4 Å². The van der Waals surface area contributed by atoms with Gasteiger partial charge in [-0.25, -0.2) is 4.98 Å².